The van der Waals surface area contributed by atoms with Gasteiger partial charge >= 0.3 is 0 Å². The zero-order valence-corrected chi connectivity index (χ0v) is 11.3. The molecule has 0 radical (unpaired) electrons. The third kappa shape index (κ3) is 3.16. The molecule has 2 heteroatoms. The highest BCUT2D eigenvalue weighted by molar-refractivity contribution is 5.05. The molecule has 1 aliphatic rings. The second-order valence-electron chi connectivity index (χ2n) is 5.19. The minimum Gasteiger partial charge on any atom is -0.511 e. The van der Waals surface area contributed by atoms with Crippen molar-refractivity contribution < 1.29 is 5.11 Å². The van der Waals surface area contributed by atoms with Crippen molar-refractivity contribution in [3.05, 3.63) is 11.5 Å². The Morgan fingerprint density at radius 3 is 2.62 bits per heavy atom. The van der Waals surface area contributed by atoms with E-state index in [1.54, 1.807) is 6.92 Å². The molecular weight excluding hydrogens is 198 g/mol. The van der Waals surface area contributed by atoms with Gasteiger partial charge in [0.15, 0.2) is 0 Å². The first-order chi connectivity index (χ1) is 7.57. The summed E-state index contributed by atoms with van der Waals surface area (Å²) in [7, 11) is 0. The number of likely N-dealkylation sites (tertiary alicyclic amines) is 1. The molecule has 0 aromatic rings. The average molecular weight is 225 g/mol. The van der Waals surface area contributed by atoms with E-state index in [-0.39, 0.29) is 0 Å². The number of piperidine rings is 1. The Morgan fingerprint density at radius 2 is 2.06 bits per heavy atom. The lowest BCUT2D eigenvalue weighted by Crippen LogP contribution is -2.43. The standard InChI is InChI=1S/C14H27NO/c1-5-6-9-14-11(2)8-7-10-15(14)12(3)13(4)16/h11,14,16H,5-10H2,1-4H3/b13-12-. The molecule has 1 heterocycles. The van der Waals surface area contributed by atoms with E-state index in [0.717, 1.165) is 18.2 Å². The van der Waals surface area contributed by atoms with E-state index in [4.69, 9.17) is 0 Å². The van der Waals surface area contributed by atoms with Crippen LogP contribution in [0, 0.1) is 5.92 Å². The molecule has 0 aliphatic carbocycles. The first-order valence-corrected chi connectivity index (χ1v) is 6.71. The molecule has 1 rings (SSSR count). The van der Waals surface area contributed by atoms with Crippen LogP contribution in [0.1, 0.15) is 59.8 Å². The summed E-state index contributed by atoms with van der Waals surface area (Å²) in [5.74, 6) is 1.24. The van der Waals surface area contributed by atoms with Crippen LogP contribution in [0.25, 0.3) is 0 Å². The second kappa shape index (κ2) is 6.17. The van der Waals surface area contributed by atoms with Gasteiger partial charge < -0.3 is 10.0 Å². The van der Waals surface area contributed by atoms with Gasteiger partial charge in [-0.1, -0.05) is 26.7 Å². The SMILES string of the molecule is CCCCC1C(C)CCCN1/C(C)=C(/C)O. The number of aliphatic hydroxyl groups excluding tert-OH is 1. The van der Waals surface area contributed by atoms with Crippen LogP contribution in [0.5, 0.6) is 0 Å². The molecule has 1 saturated heterocycles. The van der Waals surface area contributed by atoms with E-state index in [1.807, 2.05) is 6.92 Å². The van der Waals surface area contributed by atoms with Crippen molar-refractivity contribution in [3.63, 3.8) is 0 Å². The maximum absolute atomic E-state index is 9.64. The average Bonchev–Trinajstić information content (AvgIpc) is 2.26. The monoisotopic (exact) mass is 225 g/mol. The van der Waals surface area contributed by atoms with E-state index in [1.165, 1.54) is 32.1 Å². The zero-order chi connectivity index (χ0) is 12.1. The predicted molar refractivity (Wildman–Crippen MR) is 69.4 cm³/mol. The number of nitrogens with zero attached hydrogens (tertiary/aromatic N) is 1. The molecule has 16 heavy (non-hydrogen) atoms. The molecular formula is C14H27NO. The Morgan fingerprint density at radius 1 is 1.38 bits per heavy atom. The molecule has 2 atom stereocenters. The first kappa shape index (κ1) is 13.4. The van der Waals surface area contributed by atoms with E-state index in [2.05, 4.69) is 18.7 Å². The molecule has 94 valence electrons. The van der Waals surface area contributed by atoms with Gasteiger partial charge in [0.1, 0.15) is 5.76 Å². The maximum Gasteiger partial charge on any atom is 0.108 e. The van der Waals surface area contributed by atoms with E-state index in [0.29, 0.717) is 11.8 Å². The molecule has 2 unspecified atom stereocenters. The number of unbranched alkanes of at least 4 members (excludes halogenated alkanes) is 1. The van der Waals surface area contributed by atoms with E-state index < -0.39 is 0 Å². The number of rotatable bonds is 4. The van der Waals surface area contributed by atoms with Gasteiger partial charge in [0.05, 0.1) is 0 Å². The number of hydrogen-bond acceptors (Lipinski definition) is 2. The molecule has 1 fully saturated rings. The lowest BCUT2D eigenvalue weighted by atomic mass is 9.87. The molecule has 0 aromatic carbocycles. The van der Waals surface area contributed by atoms with Crippen LogP contribution in [0.4, 0.5) is 0 Å². The lowest BCUT2D eigenvalue weighted by Gasteiger charge is -2.42. The molecule has 2 nitrogen and oxygen atoms in total. The Bertz CT molecular complexity index is 243. The van der Waals surface area contributed by atoms with Gasteiger partial charge in [0.2, 0.25) is 0 Å². The van der Waals surface area contributed by atoms with Crippen LogP contribution in [0.15, 0.2) is 11.5 Å². The van der Waals surface area contributed by atoms with Crippen LogP contribution in [-0.2, 0) is 0 Å². The van der Waals surface area contributed by atoms with Gasteiger partial charge in [-0.05, 0) is 39.0 Å². The van der Waals surface area contributed by atoms with Crippen molar-refractivity contribution in [3.8, 4) is 0 Å². The topological polar surface area (TPSA) is 23.5 Å². The second-order valence-corrected chi connectivity index (χ2v) is 5.19. The summed E-state index contributed by atoms with van der Waals surface area (Å²) in [6.45, 7) is 9.56. The summed E-state index contributed by atoms with van der Waals surface area (Å²) in [6, 6.07) is 0.635. The van der Waals surface area contributed by atoms with Crippen LogP contribution in [-0.4, -0.2) is 22.6 Å². The van der Waals surface area contributed by atoms with Gasteiger partial charge in [0, 0.05) is 18.3 Å². The van der Waals surface area contributed by atoms with E-state index in [9.17, 15) is 5.11 Å². The smallest absolute Gasteiger partial charge is 0.108 e. The number of aliphatic hydroxyl groups is 1. The molecule has 0 aromatic heterocycles. The molecule has 0 bridgehead atoms. The van der Waals surface area contributed by atoms with Crippen LogP contribution < -0.4 is 0 Å². The Kier molecular flexibility index (Phi) is 5.17. The fourth-order valence-electron chi connectivity index (χ4n) is 2.73. The van der Waals surface area contributed by atoms with Crippen molar-refractivity contribution in [1.29, 1.82) is 0 Å². The van der Waals surface area contributed by atoms with Crippen molar-refractivity contribution in [2.24, 2.45) is 5.92 Å². The zero-order valence-electron chi connectivity index (χ0n) is 11.3. The van der Waals surface area contributed by atoms with Gasteiger partial charge in [-0.2, -0.15) is 0 Å². The minimum atomic E-state index is 0.482. The van der Waals surface area contributed by atoms with E-state index >= 15 is 0 Å². The number of allylic oxidation sites excluding steroid dienone is 2. The third-order valence-electron chi connectivity index (χ3n) is 3.92. The number of hydrogen-bond donors (Lipinski definition) is 1. The Labute approximate surface area is 100 Å². The van der Waals surface area contributed by atoms with Gasteiger partial charge in [-0.15, -0.1) is 0 Å². The predicted octanol–water partition coefficient (Wildman–Crippen LogP) is 4.09. The summed E-state index contributed by atoms with van der Waals surface area (Å²) < 4.78 is 0. The summed E-state index contributed by atoms with van der Waals surface area (Å²) in [5.41, 5.74) is 1.08. The fourth-order valence-corrected chi connectivity index (χ4v) is 2.73. The fraction of sp³-hybridized carbons (Fsp3) is 0.857. The first-order valence-electron chi connectivity index (χ1n) is 6.71. The van der Waals surface area contributed by atoms with Gasteiger partial charge in [-0.25, -0.2) is 0 Å². The largest absolute Gasteiger partial charge is 0.511 e. The van der Waals surface area contributed by atoms with Crippen molar-refractivity contribution in [2.75, 3.05) is 6.54 Å². The highest BCUT2D eigenvalue weighted by Gasteiger charge is 2.28. The Hall–Kier alpha value is -0.660. The Balaban J connectivity index is 2.74. The quantitative estimate of drug-likeness (QED) is 0.729. The van der Waals surface area contributed by atoms with Crippen molar-refractivity contribution in [2.45, 2.75) is 65.8 Å². The highest BCUT2D eigenvalue weighted by atomic mass is 16.3. The normalized spacial score (nSPS) is 27.9. The maximum atomic E-state index is 9.64. The molecule has 1 N–H and O–H groups in total. The van der Waals surface area contributed by atoms with Crippen LogP contribution in [0.2, 0.25) is 0 Å². The summed E-state index contributed by atoms with van der Waals surface area (Å²) in [6.07, 6.45) is 6.42. The highest BCUT2D eigenvalue weighted by Crippen LogP contribution is 2.30. The van der Waals surface area contributed by atoms with Crippen molar-refractivity contribution in [1.82, 2.24) is 4.90 Å². The molecule has 0 saturated carbocycles. The van der Waals surface area contributed by atoms with Crippen molar-refractivity contribution >= 4 is 0 Å². The lowest BCUT2D eigenvalue weighted by molar-refractivity contribution is 0.121. The third-order valence-corrected chi connectivity index (χ3v) is 3.92. The molecule has 0 amide bonds. The summed E-state index contributed by atoms with van der Waals surface area (Å²) in [5, 5.41) is 9.64. The van der Waals surface area contributed by atoms with Crippen LogP contribution in [0.3, 0.4) is 0 Å². The summed E-state index contributed by atoms with van der Waals surface area (Å²) in [4.78, 5) is 2.43. The van der Waals surface area contributed by atoms with Gasteiger partial charge in [-0.3, -0.25) is 0 Å². The van der Waals surface area contributed by atoms with Gasteiger partial charge in [0.25, 0.3) is 0 Å². The molecule has 0 spiro atoms. The molecule has 1 aliphatic heterocycles. The summed E-state index contributed by atoms with van der Waals surface area (Å²) >= 11 is 0. The minimum absolute atomic E-state index is 0.482. The van der Waals surface area contributed by atoms with Crippen LogP contribution >= 0.6 is 0 Å².